The van der Waals surface area contributed by atoms with Gasteiger partial charge >= 0.3 is 5.97 Å². The summed E-state index contributed by atoms with van der Waals surface area (Å²) in [5.74, 6) is -0.617. The highest BCUT2D eigenvalue weighted by molar-refractivity contribution is 9.10. The first kappa shape index (κ1) is 14.0. The monoisotopic (exact) mass is 302 g/mol. The van der Waals surface area contributed by atoms with Gasteiger partial charge in [-0.05, 0) is 25.1 Å². The van der Waals surface area contributed by atoms with Gasteiger partial charge in [-0.3, -0.25) is 4.79 Å². The number of carbonyl (C=O) groups is 1. The SMILES string of the molecule is CCOC(=O)C(CO)c1cc(Br)ccc1OC. The number of aliphatic hydroxyl groups is 1. The largest absolute Gasteiger partial charge is 0.496 e. The van der Waals surface area contributed by atoms with E-state index < -0.39 is 11.9 Å². The predicted molar refractivity (Wildman–Crippen MR) is 67.2 cm³/mol. The number of carbonyl (C=O) groups excluding carboxylic acids is 1. The molecule has 94 valence electrons. The van der Waals surface area contributed by atoms with E-state index in [1.807, 2.05) is 6.07 Å². The molecule has 0 fully saturated rings. The maximum Gasteiger partial charge on any atom is 0.315 e. The Labute approximate surface area is 109 Å². The van der Waals surface area contributed by atoms with Crippen molar-refractivity contribution in [3.05, 3.63) is 28.2 Å². The maximum absolute atomic E-state index is 11.7. The van der Waals surface area contributed by atoms with Crippen molar-refractivity contribution in [1.82, 2.24) is 0 Å². The molecule has 0 amide bonds. The van der Waals surface area contributed by atoms with Gasteiger partial charge in [-0.15, -0.1) is 0 Å². The lowest BCUT2D eigenvalue weighted by atomic mass is 9.99. The minimum Gasteiger partial charge on any atom is -0.496 e. The molecule has 1 atom stereocenters. The van der Waals surface area contributed by atoms with Gasteiger partial charge in [0.05, 0.1) is 20.3 Å². The Morgan fingerprint density at radius 3 is 2.76 bits per heavy atom. The molecule has 0 aromatic heterocycles. The zero-order valence-corrected chi connectivity index (χ0v) is 11.4. The van der Waals surface area contributed by atoms with E-state index in [-0.39, 0.29) is 13.2 Å². The average molecular weight is 303 g/mol. The van der Waals surface area contributed by atoms with Crippen molar-refractivity contribution >= 4 is 21.9 Å². The summed E-state index contributed by atoms with van der Waals surface area (Å²) in [6.45, 7) is 1.70. The van der Waals surface area contributed by atoms with Crippen LogP contribution in [0.1, 0.15) is 18.4 Å². The molecule has 1 unspecified atom stereocenters. The Balaban J connectivity index is 3.09. The van der Waals surface area contributed by atoms with Crippen LogP contribution < -0.4 is 4.74 Å². The molecule has 1 aromatic rings. The molecule has 0 radical (unpaired) electrons. The van der Waals surface area contributed by atoms with E-state index in [0.29, 0.717) is 11.3 Å². The summed E-state index contributed by atoms with van der Waals surface area (Å²) < 4.78 is 10.9. The normalized spacial score (nSPS) is 12.0. The molecule has 0 spiro atoms. The summed E-state index contributed by atoms with van der Waals surface area (Å²) in [6, 6.07) is 5.29. The van der Waals surface area contributed by atoms with Gasteiger partial charge in [0.2, 0.25) is 0 Å². The van der Waals surface area contributed by atoms with Gasteiger partial charge in [0.25, 0.3) is 0 Å². The van der Waals surface area contributed by atoms with Gasteiger partial charge < -0.3 is 14.6 Å². The summed E-state index contributed by atoms with van der Waals surface area (Å²) in [4.78, 5) is 11.7. The number of ether oxygens (including phenoxy) is 2. The number of halogens is 1. The Bertz CT molecular complexity index is 392. The van der Waals surface area contributed by atoms with E-state index in [9.17, 15) is 9.90 Å². The Morgan fingerprint density at radius 2 is 2.24 bits per heavy atom. The van der Waals surface area contributed by atoms with Crippen molar-refractivity contribution in [1.29, 1.82) is 0 Å². The summed E-state index contributed by atoms with van der Waals surface area (Å²) in [6.07, 6.45) is 0. The first-order valence-electron chi connectivity index (χ1n) is 5.25. The highest BCUT2D eigenvalue weighted by atomic mass is 79.9. The highest BCUT2D eigenvalue weighted by Crippen LogP contribution is 2.30. The van der Waals surface area contributed by atoms with Gasteiger partial charge in [-0.2, -0.15) is 0 Å². The fourth-order valence-corrected chi connectivity index (χ4v) is 1.90. The zero-order chi connectivity index (χ0) is 12.8. The van der Waals surface area contributed by atoms with E-state index in [0.717, 1.165) is 4.47 Å². The third-order valence-corrected chi connectivity index (χ3v) is 2.81. The van der Waals surface area contributed by atoms with E-state index >= 15 is 0 Å². The van der Waals surface area contributed by atoms with Gasteiger partial charge in [-0.1, -0.05) is 15.9 Å². The first-order valence-corrected chi connectivity index (χ1v) is 6.04. The first-order chi connectivity index (χ1) is 8.13. The fraction of sp³-hybridized carbons (Fsp3) is 0.417. The van der Waals surface area contributed by atoms with Crippen LogP contribution >= 0.6 is 15.9 Å². The molecule has 17 heavy (non-hydrogen) atoms. The fourth-order valence-electron chi connectivity index (χ4n) is 1.52. The van der Waals surface area contributed by atoms with Crippen molar-refractivity contribution < 1.29 is 19.4 Å². The number of hydrogen-bond acceptors (Lipinski definition) is 4. The topological polar surface area (TPSA) is 55.8 Å². The summed E-state index contributed by atoms with van der Waals surface area (Å²) in [7, 11) is 1.52. The third-order valence-electron chi connectivity index (χ3n) is 2.32. The molecule has 4 nitrogen and oxygen atoms in total. The van der Waals surface area contributed by atoms with Crippen LogP contribution in [0, 0.1) is 0 Å². The summed E-state index contributed by atoms with van der Waals surface area (Å²) in [5, 5.41) is 9.32. The van der Waals surface area contributed by atoms with Crippen molar-refractivity contribution in [2.75, 3.05) is 20.3 Å². The maximum atomic E-state index is 11.7. The van der Waals surface area contributed by atoms with Gasteiger partial charge in [0.1, 0.15) is 11.7 Å². The minimum absolute atomic E-state index is 0.283. The summed E-state index contributed by atoms with van der Waals surface area (Å²) in [5.41, 5.74) is 0.614. The smallest absolute Gasteiger partial charge is 0.315 e. The second kappa shape index (κ2) is 6.61. The van der Waals surface area contributed by atoms with Crippen molar-refractivity contribution in [2.45, 2.75) is 12.8 Å². The molecule has 0 heterocycles. The van der Waals surface area contributed by atoms with Crippen LogP contribution in [-0.4, -0.2) is 31.4 Å². The Morgan fingerprint density at radius 1 is 1.53 bits per heavy atom. The quantitative estimate of drug-likeness (QED) is 0.846. The molecule has 0 aliphatic carbocycles. The number of benzene rings is 1. The van der Waals surface area contributed by atoms with E-state index in [4.69, 9.17) is 9.47 Å². The van der Waals surface area contributed by atoms with Gasteiger partial charge in [0.15, 0.2) is 0 Å². The van der Waals surface area contributed by atoms with Crippen LogP contribution in [0.2, 0.25) is 0 Å². The van der Waals surface area contributed by atoms with Gasteiger partial charge in [0, 0.05) is 10.0 Å². The van der Waals surface area contributed by atoms with Crippen molar-refractivity contribution in [3.63, 3.8) is 0 Å². The van der Waals surface area contributed by atoms with Crippen LogP contribution in [0.5, 0.6) is 5.75 Å². The standard InChI is InChI=1S/C12H15BrO4/c1-3-17-12(15)10(7-14)9-6-8(13)4-5-11(9)16-2/h4-6,10,14H,3,7H2,1-2H3. The number of hydrogen-bond donors (Lipinski definition) is 1. The van der Waals surface area contributed by atoms with Crippen LogP contribution in [0.15, 0.2) is 22.7 Å². The zero-order valence-electron chi connectivity index (χ0n) is 9.77. The van der Waals surface area contributed by atoms with E-state index in [1.165, 1.54) is 7.11 Å². The van der Waals surface area contributed by atoms with E-state index in [1.54, 1.807) is 19.1 Å². The molecule has 0 bridgehead atoms. The lowest BCUT2D eigenvalue weighted by molar-refractivity contribution is -0.146. The van der Waals surface area contributed by atoms with Crippen LogP contribution in [0.25, 0.3) is 0 Å². The van der Waals surface area contributed by atoms with Crippen LogP contribution in [0.3, 0.4) is 0 Å². The molecule has 1 rings (SSSR count). The minimum atomic E-state index is -0.720. The highest BCUT2D eigenvalue weighted by Gasteiger charge is 2.24. The Hall–Kier alpha value is -1.07. The molecule has 1 N–H and O–H groups in total. The molecular formula is C12H15BrO4. The third kappa shape index (κ3) is 3.44. The second-order valence-corrected chi connectivity index (χ2v) is 4.29. The summed E-state index contributed by atoms with van der Waals surface area (Å²) >= 11 is 3.32. The number of rotatable bonds is 5. The number of esters is 1. The van der Waals surface area contributed by atoms with E-state index in [2.05, 4.69) is 15.9 Å². The average Bonchev–Trinajstić information content (AvgIpc) is 2.31. The molecule has 0 aliphatic rings. The number of methoxy groups -OCH3 is 1. The van der Waals surface area contributed by atoms with Crippen molar-refractivity contribution in [2.24, 2.45) is 0 Å². The van der Waals surface area contributed by atoms with Crippen LogP contribution in [-0.2, 0) is 9.53 Å². The van der Waals surface area contributed by atoms with Crippen LogP contribution in [0.4, 0.5) is 0 Å². The molecule has 1 aromatic carbocycles. The van der Waals surface area contributed by atoms with Crippen molar-refractivity contribution in [3.8, 4) is 5.75 Å². The van der Waals surface area contributed by atoms with Gasteiger partial charge in [-0.25, -0.2) is 0 Å². The predicted octanol–water partition coefficient (Wildman–Crippen LogP) is 2.10. The molecule has 5 heteroatoms. The molecular weight excluding hydrogens is 288 g/mol. The number of aliphatic hydroxyl groups excluding tert-OH is 1. The lowest BCUT2D eigenvalue weighted by Gasteiger charge is -2.16. The second-order valence-electron chi connectivity index (χ2n) is 3.37. The lowest BCUT2D eigenvalue weighted by Crippen LogP contribution is -2.20. The molecule has 0 saturated heterocycles. The Kier molecular flexibility index (Phi) is 5.44. The molecule has 0 saturated carbocycles. The molecule has 0 aliphatic heterocycles.